The second kappa shape index (κ2) is 10.4. The van der Waals surface area contributed by atoms with Crippen molar-refractivity contribution in [3.05, 3.63) is 83.6 Å². The second-order valence-electron chi connectivity index (χ2n) is 5.77. The van der Waals surface area contributed by atoms with Crippen LogP contribution in [0.5, 0.6) is 0 Å². The van der Waals surface area contributed by atoms with Gasteiger partial charge in [-0.15, -0.1) is 23.5 Å². The van der Waals surface area contributed by atoms with Crippen LogP contribution in [0.1, 0.15) is 12.0 Å². The zero-order chi connectivity index (χ0) is 18.9. The van der Waals surface area contributed by atoms with E-state index >= 15 is 0 Å². The Bertz CT molecular complexity index is 856. The first-order chi connectivity index (χ1) is 13.2. The van der Waals surface area contributed by atoms with E-state index in [1.807, 2.05) is 60.8 Å². The lowest BCUT2D eigenvalue weighted by atomic mass is 10.3. The number of aromatic nitrogens is 1. The highest BCUT2D eigenvalue weighted by Gasteiger charge is 2.04. The van der Waals surface area contributed by atoms with Gasteiger partial charge < -0.3 is 5.32 Å². The number of nitrogens with zero attached hydrogens (tertiary/aromatic N) is 1. The fraction of sp³-hybridized carbons (Fsp3) is 0.143. The largest absolute Gasteiger partial charge is 0.326 e. The fourth-order valence-electron chi connectivity index (χ4n) is 2.30. The standard InChI is InChI=1S/C21H19ClN2OS2/c22-17-3-7-19(8-4-17)26-13-11-21(25)24-18-5-9-20(10-6-18)27-15-16-2-1-12-23-14-16/h1-10,12,14H,11,13,15H2,(H,24,25). The van der Waals surface area contributed by atoms with Crippen LogP contribution < -0.4 is 5.32 Å². The van der Waals surface area contributed by atoms with Gasteiger partial charge in [0.25, 0.3) is 0 Å². The van der Waals surface area contributed by atoms with E-state index in [2.05, 4.69) is 16.4 Å². The molecule has 0 bridgehead atoms. The fourth-order valence-corrected chi connectivity index (χ4v) is 4.11. The van der Waals surface area contributed by atoms with Crippen molar-refractivity contribution in [1.29, 1.82) is 0 Å². The number of benzene rings is 2. The Hall–Kier alpha value is -1.95. The van der Waals surface area contributed by atoms with Crippen molar-refractivity contribution in [3.8, 4) is 0 Å². The van der Waals surface area contributed by atoms with E-state index in [0.717, 1.165) is 32.0 Å². The van der Waals surface area contributed by atoms with E-state index in [4.69, 9.17) is 11.6 Å². The van der Waals surface area contributed by atoms with Gasteiger partial charge in [0, 0.05) is 50.8 Å². The molecule has 0 fully saturated rings. The van der Waals surface area contributed by atoms with Crippen molar-refractivity contribution in [1.82, 2.24) is 4.98 Å². The van der Waals surface area contributed by atoms with E-state index in [-0.39, 0.29) is 5.91 Å². The van der Waals surface area contributed by atoms with Crippen LogP contribution in [0.25, 0.3) is 0 Å². The topological polar surface area (TPSA) is 42.0 Å². The smallest absolute Gasteiger partial charge is 0.225 e. The van der Waals surface area contributed by atoms with Crippen molar-refractivity contribution in [3.63, 3.8) is 0 Å². The van der Waals surface area contributed by atoms with Crippen molar-refractivity contribution in [2.45, 2.75) is 22.0 Å². The highest BCUT2D eigenvalue weighted by molar-refractivity contribution is 7.99. The number of hydrogen-bond acceptors (Lipinski definition) is 4. The number of pyridine rings is 1. The number of halogens is 1. The highest BCUT2D eigenvalue weighted by Crippen LogP contribution is 2.24. The molecule has 1 heterocycles. The van der Waals surface area contributed by atoms with Gasteiger partial charge in [0.05, 0.1) is 0 Å². The summed E-state index contributed by atoms with van der Waals surface area (Å²) in [6.45, 7) is 0. The molecule has 27 heavy (non-hydrogen) atoms. The van der Waals surface area contributed by atoms with Crippen LogP contribution in [0.15, 0.2) is 82.8 Å². The quantitative estimate of drug-likeness (QED) is 0.449. The molecule has 0 radical (unpaired) electrons. The lowest BCUT2D eigenvalue weighted by molar-refractivity contribution is -0.115. The monoisotopic (exact) mass is 414 g/mol. The highest BCUT2D eigenvalue weighted by atomic mass is 35.5. The number of carbonyl (C=O) groups excluding carboxylic acids is 1. The Morgan fingerprint density at radius 3 is 2.37 bits per heavy atom. The van der Waals surface area contributed by atoms with Gasteiger partial charge in [-0.05, 0) is 60.2 Å². The molecule has 1 aromatic heterocycles. The Balaban J connectivity index is 1.40. The summed E-state index contributed by atoms with van der Waals surface area (Å²) < 4.78 is 0. The molecule has 0 atom stereocenters. The van der Waals surface area contributed by atoms with Crippen LogP contribution in [0.2, 0.25) is 5.02 Å². The van der Waals surface area contributed by atoms with Crippen LogP contribution in [-0.4, -0.2) is 16.6 Å². The maximum atomic E-state index is 12.1. The Morgan fingerprint density at radius 1 is 0.963 bits per heavy atom. The lowest BCUT2D eigenvalue weighted by Gasteiger charge is -2.07. The van der Waals surface area contributed by atoms with E-state index < -0.39 is 0 Å². The number of nitrogens with one attached hydrogen (secondary N) is 1. The van der Waals surface area contributed by atoms with E-state index in [9.17, 15) is 4.79 Å². The third-order valence-corrected chi connectivity index (χ3v) is 6.03. The first-order valence-corrected chi connectivity index (χ1v) is 10.8. The molecule has 0 unspecified atom stereocenters. The molecule has 3 nitrogen and oxygen atoms in total. The summed E-state index contributed by atoms with van der Waals surface area (Å²) in [5, 5.41) is 3.67. The van der Waals surface area contributed by atoms with Gasteiger partial charge in [-0.25, -0.2) is 0 Å². The van der Waals surface area contributed by atoms with Gasteiger partial charge in [0.1, 0.15) is 0 Å². The van der Waals surface area contributed by atoms with Gasteiger partial charge in [-0.1, -0.05) is 17.7 Å². The predicted octanol–water partition coefficient (Wildman–Crippen LogP) is 6.15. The molecule has 0 aliphatic carbocycles. The van der Waals surface area contributed by atoms with Crippen molar-refractivity contribution < 1.29 is 4.79 Å². The first kappa shape index (κ1) is 19.8. The molecule has 0 aliphatic rings. The molecule has 3 aromatic rings. The van der Waals surface area contributed by atoms with Crippen LogP contribution in [0.4, 0.5) is 5.69 Å². The summed E-state index contributed by atoms with van der Waals surface area (Å²) in [6, 6.07) is 19.6. The van der Waals surface area contributed by atoms with Gasteiger partial charge in [0.15, 0.2) is 0 Å². The molecule has 0 aliphatic heterocycles. The molecule has 0 saturated heterocycles. The van der Waals surface area contributed by atoms with Gasteiger partial charge in [0.2, 0.25) is 5.91 Å². The molecule has 1 amide bonds. The van der Waals surface area contributed by atoms with Crippen LogP contribution in [-0.2, 0) is 10.5 Å². The van der Waals surface area contributed by atoms with Crippen LogP contribution in [0.3, 0.4) is 0 Å². The first-order valence-electron chi connectivity index (χ1n) is 8.49. The molecule has 0 spiro atoms. The van der Waals surface area contributed by atoms with Gasteiger partial charge >= 0.3 is 0 Å². The Kier molecular flexibility index (Phi) is 7.63. The number of rotatable bonds is 8. The molecular weight excluding hydrogens is 396 g/mol. The number of thioether (sulfide) groups is 2. The summed E-state index contributed by atoms with van der Waals surface area (Å²) in [4.78, 5) is 18.5. The maximum absolute atomic E-state index is 12.1. The summed E-state index contributed by atoms with van der Waals surface area (Å²) in [7, 11) is 0. The molecule has 138 valence electrons. The Morgan fingerprint density at radius 2 is 1.67 bits per heavy atom. The summed E-state index contributed by atoms with van der Waals surface area (Å²) >= 11 is 9.27. The van der Waals surface area contributed by atoms with Gasteiger partial charge in [-0.3, -0.25) is 9.78 Å². The van der Waals surface area contributed by atoms with Crippen LogP contribution in [0, 0.1) is 0 Å². The maximum Gasteiger partial charge on any atom is 0.225 e. The van der Waals surface area contributed by atoms with E-state index in [1.54, 1.807) is 29.7 Å². The average molecular weight is 415 g/mol. The predicted molar refractivity (Wildman–Crippen MR) is 116 cm³/mol. The third kappa shape index (κ3) is 6.94. The third-order valence-electron chi connectivity index (χ3n) is 3.68. The number of hydrogen-bond donors (Lipinski definition) is 1. The second-order valence-corrected chi connectivity index (χ2v) is 8.43. The Labute approximate surface area is 172 Å². The summed E-state index contributed by atoms with van der Waals surface area (Å²) in [6.07, 6.45) is 4.12. The molecule has 1 N–H and O–H groups in total. The van der Waals surface area contributed by atoms with E-state index in [1.165, 1.54) is 5.56 Å². The van der Waals surface area contributed by atoms with Gasteiger partial charge in [-0.2, -0.15) is 0 Å². The lowest BCUT2D eigenvalue weighted by Crippen LogP contribution is -2.11. The minimum atomic E-state index is 0.0206. The zero-order valence-electron chi connectivity index (χ0n) is 14.6. The molecule has 2 aromatic carbocycles. The number of anilines is 1. The number of carbonyl (C=O) groups is 1. The van der Waals surface area contributed by atoms with E-state index in [0.29, 0.717) is 6.42 Å². The average Bonchev–Trinajstić information content (AvgIpc) is 2.70. The van der Waals surface area contributed by atoms with Crippen molar-refractivity contribution in [2.24, 2.45) is 0 Å². The zero-order valence-corrected chi connectivity index (χ0v) is 17.0. The molecule has 6 heteroatoms. The molecule has 0 saturated carbocycles. The van der Waals surface area contributed by atoms with Crippen molar-refractivity contribution >= 4 is 46.7 Å². The van der Waals surface area contributed by atoms with Crippen LogP contribution >= 0.6 is 35.1 Å². The molecule has 3 rings (SSSR count). The number of amides is 1. The normalized spacial score (nSPS) is 10.6. The summed E-state index contributed by atoms with van der Waals surface area (Å²) in [5.41, 5.74) is 2.01. The van der Waals surface area contributed by atoms with Crippen molar-refractivity contribution in [2.75, 3.05) is 11.1 Å². The molecular formula is C21H19ClN2OS2. The minimum Gasteiger partial charge on any atom is -0.326 e. The SMILES string of the molecule is O=C(CCSc1ccc(Cl)cc1)Nc1ccc(SCc2cccnc2)cc1. The summed E-state index contributed by atoms with van der Waals surface area (Å²) in [5.74, 6) is 1.63. The minimum absolute atomic E-state index is 0.0206.